The van der Waals surface area contributed by atoms with Crippen molar-refractivity contribution in [2.24, 2.45) is 10.2 Å². The molecule has 0 aliphatic rings. The van der Waals surface area contributed by atoms with Crippen LogP contribution in [0.3, 0.4) is 0 Å². The second-order valence-corrected chi connectivity index (χ2v) is 6.54. The number of aromatic hydroxyl groups is 1. The van der Waals surface area contributed by atoms with Crippen molar-refractivity contribution in [3.63, 3.8) is 0 Å². The van der Waals surface area contributed by atoms with E-state index in [1.54, 1.807) is 23.2 Å². The monoisotopic (exact) mass is 427 g/mol. The molecule has 30 heavy (non-hydrogen) atoms. The number of nitrogens with one attached hydrogen (secondary N) is 2. The summed E-state index contributed by atoms with van der Waals surface area (Å²) in [7, 11) is 0. The molecule has 0 bridgehead atoms. The molecule has 2 aromatic carbocycles. The number of azo groups is 1. The van der Waals surface area contributed by atoms with Crippen LogP contribution in [0.2, 0.25) is 5.02 Å². The van der Waals surface area contributed by atoms with Crippen molar-refractivity contribution < 1.29 is 10.0 Å². The highest BCUT2D eigenvalue weighted by Gasteiger charge is 2.18. The summed E-state index contributed by atoms with van der Waals surface area (Å²) in [6.45, 7) is 1.86. The van der Waals surface area contributed by atoms with E-state index in [9.17, 15) is 24.8 Å². The van der Waals surface area contributed by atoms with Gasteiger partial charge in [-0.3, -0.25) is 19.9 Å². The number of halogens is 1. The van der Waals surface area contributed by atoms with E-state index in [4.69, 9.17) is 11.6 Å². The molecule has 0 fully saturated rings. The minimum absolute atomic E-state index is 0.140. The van der Waals surface area contributed by atoms with Crippen molar-refractivity contribution >= 4 is 40.8 Å². The first-order chi connectivity index (χ1) is 14.2. The van der Waals surface area contributed by atoms with Crippen LogP contribution in [0.15, 0.2) is 56.2 Å². The normalized spacial score (nSPS) is 11.4. The quantitative estimate of drug-likeness (QED) is 0.316. The lowest BCUT2D eigenvalue weighted by atomic mass is 10.1. The summed E-state index contributed by atoms with van der Waals surface area (Å²) in [5.74, 6) is -0.140. The molecule has 0 radical (unpaired) electrons. The van der Waals surface area contributed by atoms with Crippen LogP contribution in [0.1, 0.15) is 16.8 Å². The third kappa shape index (κ3) is 4.67. The van der Waals surface area contributed by atoms with Crippen LogP contribution in [0, 0.1) is 17.0 Å². The van der Waals surface area contributed by atoms with E-state index < -0.39 is 21.9 Å². The first-order valence-electron chi connectivity index (χ1n) is 8.44. The Morgan fingerprint density at radius 1 is 1.07 bits per heavy atom. The summed E-state index contributed by atoms with van der Waals surface area (Å²) in [5.41, 5.74) is -1.10. The molecule has 3 aromatic rings. The molecule has 0 unspecified atom stereocenters. The molecule has 0 spiro atoms. The maximum atomic E-state index is 11.7. The van der Waals surface area contributed by atoms with Gasteiger partial charge in [-0.05, 0) is 55.0 Å². The number of hydrogen-bond donors (Lipinski definition) is 3. The van der Waals surface area contributed by atoms with E-state index >= 15 is 0 Å². The van der Waals surface area contributed by atoms with E-state index in [2.05, 4.69) is 15.2 Å². The van der Waals surface area contributed by atoms with Crippen molar-refractivity contribution in [1.29, 1.82) is 0 Å². The SMILES string of the molecule is Cc1ccc(N=Nc2ccc(O)c(C=Cc3[nH]c(=O)[nH]c(=O)c3[N+](=O)[O-])c2)cc1Cl. The zero-order chi connectivity index (χ0) is 21.8. The van der Waals surface area contributed by atoms with E-state index in [0.29, 0.717) is 16.4 Å². The molecule has 0 atom stereocenters. The first kappa shape index (κ1) is 20.7. The van der Waals surface area contributed by atoms with Gasteiger partial charge in [0.15, 0.2) is 0 Å². The Hall–Kier alpha value is -4.05. The Morgan fingerprint density at radius 2 is 1.73 bits per heavy atom. The smallest absolute Gasteiger partial charge is 0.357 e. The van der Waals surface area contributed by atoms with Crippen LogP contribution in [-0.2, 0) is 0 Å². The number of aromatic amines is 2. The Bertz CT molecular complexity index is 1310. The van der Waals surface area contributed by atoms with Gasteiger partial charge in [0.25, 0.3) is 0 Å². The van der Waals surface area contributed by atoms with Gasteiger partial charge >= 0.3 is 16.9 Å². The largest absolute Gasteiger partial charge is 0.507 e. The van der Waals surface area contributed by atoms with Crippen LogP contribution >= 0.6 is 11.6 Å². The van der Waals surface area contributed by atoms with Crippen molar-refractivity contribution in [3.8, 4) is 5.75 Å². The molecule has 3 N–H and O–H groups in total. The highest BCUT2D eigenvalue weighted by atomic mass is 35.5. The summed E-state index contributed by atoms with van der Waals surface area (Å²) < 4.78 is 0. The van der Waals surface area contributed by atoms with E-state index in [0.717, 1.165) is 11.6 Å². The van der Waals surface area contributed by atoms with Gasteiger partial charge in [-0.2, -0.15) is 10.2 Å². The molecule has 1 heterocycles. The molecule has 3 rings (SSSR count). The second-order valence-electron chi connectivity index (χ2n) is 6.14. The first-order valence-corrected chi connectivity index (χ1v) is 8.82. The van der Waals surface area contributed by atoms with Gasteiger partial charge < -0.3 is 10.1 Å². The van der Waals surface area contributed by atoms with Crippen LogP contribution in [0.25, 0.3) is 12.2 Å². The van der Waals surface area contributed by atoms with Crippen molar-refractivity contribution in [2.45, 2.75) is 6.92 Å². The Balaban J connectivity index is 1.94. The molecule has 0 saturated heterocycles. The van der Waals surface area contributed by atoms with Crippen LogP contribution in [-0.4, -0.2) is 20.0 Å². The van der Waals surface area contributed by atoms with Gasteiger partial charge in [0.05, 0.1) is 16.3 Å². The molecule has 0 amide bonds. The van der Waals surface area contributed by atoms with Gasteiger partial charge in [-0.25, -0.2) is 4.79 Å². The zero-order valence-electron chi connectivity index (χ0n) is 15.4. The summed E-state index contributed by atoms with van der Waals surface area (Å²) in [5, 5.41) is 29.8. The van der Waals surface area contributed by atoms with Gasteiger partial charge in [0.2, 0.25) is 0 Å². The van der Waals surface area contributed by atoms with E-state index in [1.807, 2.05) is 6.92 Å². The average molecular weight is 428 g/mol. The number of rotatable bonds is 5. The van der Waals surface area contributed by atoms with Crippen molar-refractivity contribution in [1.82, 2.24) is 9.97 Å². The molecule has 152 valence electrons. The molecule has 0 aliphatic carbocycles. The lowest BCUT2D eigenvalue weighted by Crippen LogP contribution is -2.25. The van der Waals surface area contributed by atoms with Gasteiger partial charge in [-0.1, -0.05) is 17.7 Å². The maximum absolute atomic E-state index is 11.7. The zero-order valence-corrected chi connectivity index (χ0v) is 16.2. The van der Waals surface area contributed by atoms with Crippen LogP contribution < -0.4 is 11.2 Å². The number of hydrogen-bond acceptors (Lipinski definition) is 7. The molecular formula is C19H14ClN5O5. The standard InChI is InChI=1S/C19H14ClN5O5/c1-10-2-4-13(9-14(10)20)24-23-12-5-7-16(26)11(8-12)3-6-15-17(25(29)30)18(27)22-19(28)21-15/h2-9,26H,1H3,(H2,21,22,27,28). The Morgan fingerprint density at radius 3 is 2.40 bits per heavy atom. The number of phenolic OH excluding ortho intramolecular Hbond substituents is 1. The Kier molecular flexibility index (Phi) is 5.88. The second kappa shape index (κ2) is 8.53. The summed E-state index contributed by atoms with van der Waals surface area (Å²) in [4.78, 5) is 37.2. The van der Waals surface area contributed by atoms with E-state index in [-0.39, 0.29) is 17.0 Å². The summed E-state index contributed by atoms with van der Waals surface area (Å²) >= 11 is 6.06. The van der Waals surface area contributed by atoms with Gasteiger partial charge in [0, 0.05) is 10.6 Å². The minimum Gasteiger partial charge on any atom is -0.507 e. The van der Waals surface area contributed by atoms with Crippen molar-refractivity contribution in [3.05, 3.63) is 89.2 Å². The van der Waals surface area contributed by atoms with E-state index in [1.165, 1.54) is 24.3 Å². The molecule has 10 nitrogen and oxygen atoms in total. The highest BCUT2D eigenvalue weighted by Crippen LogP contribution is 2.28. The van der Waals surface area contributed by atoms with Gasteiger partial charge in [0.1, 0.15) is 11.4 Å². The summed E-state index contributed by atoms with van der Waals surface area (Å²) in [6, 6.07) is 9.56. The molecule has 1 aromatic heterocycles. The highest BCUT2D eigenvalue weighted by molar-refractivity contribution is 6.31. The lowest BCUT2D eigenvalue weighted by Gasteiger charge is -2.01. The number of benzene rings is 2. The molecule has 0 aliphatic heterocycles. The predicted octanol–water partition coefficient (Wildman–Crippen LogP) is 4.22. The molecule has 0 saturated carbocycles. The summed E-state index contributed by atoms with van der Waals surface area (Å²) in [6.07, 6.45) is 2.44. The third-order valence-corrected chi connectivity index (χ3v) is 4.41. The number of nitro groups is 1. The molecule has 11 heteroatoms. The minimum atomic E-state index is -1.13. The number of aromatic nitrogens is 2. The predicted molar refractivity (Wildman–Crippen MR) is 112 cm³/mol. The average Bonchev–Trinajstić information content (AvgIpc) is 2.68. The lowest BCUT2D eigenvalue weighted by molar-refractivity contribution is -0.386. The third-order valence-electron chi connectivity index (χ3n) is 4.01. The van der Waals surface area contributed by atoms with Gasteiger partial charge in [-0.15, -0.1) is 0 Å². The Labute approximate surface area is 173 Å². The van der Waals surface area contributed by atoms with Crippen LogP contribution in [0.5, 0.6) is 5.75 Å². The molecular weight excluding hydrogens is 414 g/mol. The number of nitrogens with zero attached hydrogens (tertiary/aromatic N) is 3. The number of aryl methyl sites for hydroxylation is 1. The maximum Gasteiger partial charge on any atom is 0.357 e. The topological polar surface area (TPSA) is 154 Å². The van der Waals surface area contributed by atoms with Crippen molar-refractivity contribution in [2.75, 3.05) is 0 Å². The number of H-pyrrole nitrogens is 2. The fourth-order valence-corrected chi connectivity index (χ4v) is 2.64. The fraction of sp³-hybridized carbons (Fsp3) is 0.0526. The fourth-order valence-electron chi connectivity index (χ4n) is 2.47. The number of phenols is 1. The van der Waals surface area contributed by atoms with Crippen LogP contribution in [0.4, 0.5) is 17.1 Å².